The second-order valence-corrected chi connectivity index (χ2v) is 8.17. The molecule has 160 valence electrons. The van der Waals surface area contributed by atoms with Gasteiger partial charge in [-0.2, -0.15) is 0 Å². The van der Waals surface area contributed by atoms with Gasteiger partial charge in [0.1, 0.15) is 0 Å². The van der Waals surface area contributed by atoms with Crippen molar-refractivity contribution in [2.24, 2.45) is 10.9 Å². The minimum atomic E-state index is 0.272. The van der Waals surface area contributed by atoms with E-state index in [9.17, 15) is 4.79 Å². The number of rotatable bonds is 8. The first-order valence-corrected chi connectivity index (χ1v) is 11.1. The molecule has 0 atom stereocenters. The Hall–Kier alpha value is -2.08. The Morgan fingerprint density at radius 3 is 2.83 bits per heavy atom. The van der Waals surface area contributed by atoms with E-state index in [4.69, 9.17) is 9.73 Å². The zero-order chi connectivity index (χ0) is 20.5. The average Bonchev–Trinajstić information content (AvgIpc) is 3.14. The van der Waals surface area contributed by atoms with E-state index in [2.05, 4.69) is 48.5 Å². The number of ether oxygens (including phenoxy) is 1. The fraction of sp³-hybridized carbons (Fsp3) is 0.652. The molecular formula is C23H36N4O2. The number of guanidine groups is 1. The largest absolute Gasteiger partial charge is 0.381 e. The summed E-state index contributed by atoms with van der Waals surface area (Å²) in [7, 11) is 2.12. The van der Waals surface area contributed by atoms with E-state index in [1.807, 2.05) is 4.90 Å². The van der Waals surface area contributed by atoms with Crippen molar-refractivity contribution in [3.63, 3.8) is 0 Å². The second kappa shape index (κ2) is 11.2. The van der Waals surface area contributed by atoms with Crippen LogP contribution >= 0.6 is 0 Å². The molecule has 0 bridgehead atoms. The molecule has 0 saturated carbocycles. The van der Waals surface area contributed by atoms with Crippen LogP contribution in [0.4, 0.5) is 0 Å². The topological polar surface area (TPSA) is 57.2 Å². The predicted octanol–water partition coefficient (Wildman–Crippen LogP) is 3.02. The van der Waals surface area contributed by atoms with Crippen LogP contribution in [0.3, 0.4) is 0 Å². The third-order valence-electron chi connectivity index (χ3n) is 5.86. The van der Waals surface area contributed by atoms with Gasteiger partial charge in [0.05, 0.1) is 6.54 Å². The Balaban J connectivity index is 1.55. The molecule has 2 saturated heterocycles. The maximum Gasteiger partial charge on any atom is 0.222 e. The zero-order valence-corrected chi connectivity index (χ0v) is 18.0. The lowest BCUT2D eigenvalue weighted by Crippen LogP contribution is -2.40. The van der Waals surface area contributed by atoms with Gasteiger partial charge >= 0.3 is 0 Å². The molecular weight excluding hydrogens is 364 g/mol. The molecule has 0 unspecified atom stereocenters. The molecule has 2 fully saturated rings. The number of carbonyl (C=O) groups excluding carboxylic acids is 1. The number of carbonyl (C=O) groups is 1. The standard InChI is InChI=1S/C23H36N4O2/c1-3-24-23(26(2)13-9-19-10-14-29-15-11-19)25-17-20-6-4-7-21(16-20)18-27-12-5-8-22(27)28/h4,6-7,16,19H,3,5,8-15,17-18H2,1-2H3,(H,24,25). The van der Waals surface area contributed by atoms with Crippen molar-refractivity contribution in [1.82, 2.24) is 15.1 Å². The van der Waals surface area contributed by atoms with Crippen molar-refractivity contribution in [2.45, 2.75) is 52.1 Å². The van der Waals surface area contributed by atoms with Gasteiger partial charge in [-0.3, -0.25) is 4.79 Å². The lowest BCUT2D eigenvalue weighted by molar-refractivity contribution is -0.128. The van der Waals surface area contributed by atoms with Crippen LogP contribution in [0.2, 0.25) is 0 Å². The van der Waals surface area contributed by atoms with Crippen molar-refractivity contribution >= 4 is 11.9 Å². The van der Waals surface area contributed by atoms with Crippen molar-refractivity contribution < 1.29 is 9.53 Å². The van der Waals surface area contributed by atoms with Gasteiger partial charge in [0.15, 0.2) is 5.96 Å². The van der Waals surface area contributed by atoms with Crippen molar-refractivity contribution in [3.8, 4) is 0 Å². The highest BCUT2D eigenvalue weighted by Crippen LogP contribution is 2.19. The fourth-order valence-corrected chi connectivity index (χ4v) is 4.07. The molecule has 6 heteroatoms. The van der Waals surface area contributed by atoms with E-state index in [0.717, 1.165) is 51.1 Å². The summed E-state index contributed by atoms with van der Waals surface area (Å²) < 4.78 is 5.47. The van der Waals surface area contributed by atoms with Gasteiger partial charge in [0.2, 0.25) is 5.91 Å². The highest BCUT2D eigenvalue weighted by atomic mass is 16.5. The number of aliphatic imine (C=N–C) groups is 1. The van der Waals surface area contributed by atoms with Gasteiger partial charge in [-0.1, -0.05) is 24.3 Å². The van der Waals surface area contributed by atoms with Crippen molar-refractivity contribution in [2.75, 3.05) is 39.9 Å². The molecule has 1 N–H and O–H groups in total. The molecule has 0 aliphatic carbocycles. The van der Waals surface area contributed by atoms with Gasteiger partial charge in [0, 0.05) is 52.9 Å². The summed E-state index contributed by atoms with van der Waals surface area (Å²) in [6.45, 7) is 8.02. The maximum absolute atomic E-state index is 11.9. The molecule has 1 aromatic rings. The first kappa shape index (κ1) is 21.6. The van der Waals surface area contributed by atoms with Gasteiger partial charge in [-0.25, -0.2) is 4.99 Å². The number of nitrogens with zero attached hydrogens (tertiary/aromatic N) is 3. The van der Waals surface area contributed by atoms with Crippen LogP contribution in [-0.4, -0.2) is 61.6 Å². The first-order chi connectivity index (χ1) is 14.2. The van der Waals surface area contributed by atoms with E-state index in [1.165, 1.54) is 30.4 Å². The van der Waals surface area contributed by atoms with E-state index >= 15 is 0 Å². The molecule has 2 aliphatic heterocycles. The Bertz CT molecular complexity index is 685. The molecule has 0 spiro atoms. The number of hydrogen-bond donors (Lipinski definition) is 1. The summed E-state index contributed by atoms with van der Waals surface area (Å²) in [5, 5.41) is 3.42. The van der Waals surface area contributed by atoms with Crippen molar-refractivity contribution in [1.29, 1.82) is 0 Å². The Morgan fingerprint density at radius 2 is 2.10 bits per heavy atom. The summed E-state index contributed by atoms with van der Waals surface area (Å²) in [5.41, 5.74) is 2.37. The second-order valence-electron chi connectivity index (χ2n) is 8.17. The number of amides is 1. The minimum absolute atomic E-state index is 0.272. The Kier molecular flexibility index (Phi) is 8.35. The SMILES string of the molecule is CCNC(=NCc1cccc(CN2CCCC2=O)c1)N(C)CCC1CCOCC1. The van der Waals surface area contributed by atoms with Gasteiger partial charge in [-0.05, 0) is 49.7 Å². The predicted molar refractivity (Wildman–Crippen MR) is 117 cm³/mol. The first-order valence-electron chi connectivity index (χ1n) is 11.1. The molecule has 2 aliphatic rings. The number of benzene rings is 1. The molecule has 6 nitrogen and oxygen atoms in total. The summed E-state index contributed by atoms with van der Waals surface area (Å²) in [4.78, 5) is 20.9. The molecule has 0 aromatic heterocycles. The molecule has 3 rings (SSSR count). The van der Waals surface area contributed by atoms with Crippen LogP contribution in [-0.2, 0) is 22.6 Å². The summed E-state index contributed by atoms with van der Waals surface area (Å²) in [6, 6.07) is 8.47. The molecule has 1 amide bonds. The van der Waals surface area contributed by atoms with Crippen molar-refractivity contribution in [3.05, 3.63) is 35.4 Å². The number of nitrogens with one attached hydrogen (secondary N) is 1. The molecule has 2 heterocycles. The third kappa shape index (κ3) is 6.74. The maximum atomic E-state index is 11.9. The fourth-order valence-electron chi connectivity index (χ4n) is 4.07. The minimum Gasteiger partial charge on any atom is -0.381 e. The third-order valence-corrected chi connectivity index (χ3v) is 5.86. The van der Waals surface area contributed by atoms with Crippen LogP contribution in [0.15, 0.2) is 29.3 Å². The lowest BCUT2D eigenvalue weighted by atomic mass is 9.96. The van der Waals surface area contributed by atoms with E-state index in [0.29, 0.717) is 19.5 Å². The van der Waals surface area contributed by atoms with Crippen LogP contribution in [0.1, 0.15) is 50.2 Å². The number of likely N-dealkylation sites (tertiary alicyclic amines) is 1. The normalized spacial score (nSPS) is 18.3. The van der Waals surface area contributed by atoms with Gasteiger partial charge in [0.25, 0.3) is 0 Å². The quantitative estimate of drug-likeness (QED) is 0.538. The van der Waals surface area contributed by atoms with Crippen LogP contribution in [0.25, 0.3) is 0 Å². The van der Waals surface area contributed by atoms with Gasteiger partial charge < -0.3 is 19.9 Å². The Labute approximate surface area is 175 Å². The van der Waals surface area contributed by atoms with E-state index in [-0.39, 0.29) is 5.91 Å². The van der Waals surface area contributed by atoms with Crippen LogP contribution < -0.4 is 5.32 Å². The monoisotopic (exact) mass is 400 g/mol. The lowest BCUT2D eigenvalue weighted by Gasteiger charge is -2.27. The van der Waals surface area contributed by atoms with E-state index < -0.39 is 0 Å². The molecule has 0 radical (unpaired) electrons. The summed E-state index contributed by atoms with van der Waals surface area (Å²) in [6.07, 6.45) is 5.20. The summed E-state index contributed by atoms with van der Waals surface area (Å²) in [5.74, 6) is 1.99. The smallest absolute Gasteiger partial charge is 0.222 e. The average molecular weight is 401 g/mol. The van der Waals surface area contributed by atoms with E-state index in [1.54, 1.807) is 0 Å². The zero-order valence-electron chi connectivity index (χ0n) is 18.0. The van der Waals surface area contributed by atoms with Gasteiger partial charge in [-0.15, -0.1) is 0 Å². The number of hydrogen-bond acceptors (Lipinski definition) is 3. The highest BCUT2D eigenvalue weighted by molar-refractivity contribution is 5.79. The highest BCUT2D eigenvalue weighted by Gasteiger charge is 2.20. The summed E-state index contributed by atoms with van der Waals surface area (Å²) >= 11 is 0. The molecule has 1 aromatic carbocycles. The van der Waals surface area contributed by atoms with Crippen LogP contribution in [0, 0.1) is 5.92 Å². The van der Waals surface area contributed by atoms with Crippen LogP contribution in [0.5, 0.6) is 0 Å². The Morgan fingerprint density at radius 1 is 1.31 bits per heavy atom. The molecule has 29 heavy (non-hydrogen) atoms.